The number of benzene rings is 2. The molecule has 0 aromatic heterocycles. The number of amides is 1. The molecule has 2 N–H and O–H groups in total. The Bertz CT molecular complexity index is 821. The maximum Gasteiger partial charge on any atom is 0.241 e. The summed E-state index contributed by atoms with van der Waals surface area (Å²) in [6.07, 6.45) is 0. The third kappa shape index (κ3) is 4.57. The van der Waals surface area contributed by atoms with Crippen molar-refractivity contribution in [1.82, 2.24) is 4.72 Å². The van der Waals surface area contributed by atoms with Crippen LogP contribution in [0.2, 0.25) is 0 Å². The van der Waals surface area contributed by atoms with Gasteiger partial charge in [0, 0.05) is 5.69 Å². The fourth-order valence-electron chi connectivity index (χ4n) is 1.84. The van der Waals surface area contributed by atoms with Gasteiger partial charge < -0.3 is 5.32 Å². The third-order valence-corrected chi connectivity index (χ3v) is 4.53. The highest BCUT2D eigenvalue weighted by Crippen LogP contribution is 2.16. The van der Waals surface area contributed by atoms with Gasteiger partial charge in [-0.1, -0.05) is 6.07 Å². The summed E-state index contributed by atoms with van der Waals surface area (Å²) in [6.45, 7) is 0.988. The molecule has 0 bridgehead atoms. The summed E-state index contributed by atoms with van der Waals surface area (Å²) in [4.78, 5) is 11.5. The van der Waals surface area contributed by atoms with Crippen molar-refractivity contribution < 1.29 is 22.0 Å². The minimum absolute atomic E-state index is 0.230. The Morgan fingerprint density at radius 3 is 2.30 bits per heavy atom. The maximum absolute atomic E-state index is 13.2. The Kier molecular flexibility index (Phi) is 5.07. The Hall–Kier alpha value is -2.32. The second-order valence-corrected chi connectivity index (χ2v) is 6.52. The minimum Gasteiger partial charge on any atom is -0.325 e. The minimum atomic E-state index is -4.02. The molecule has 0 saturated carbocycles. The summed E-state index contributed by atoms with van der Waals surface area (Å²) in [5, 5.41) is 2.41. The number of anilines is 1. The molecule has 0 fully saturated rings. The predicted octanol–water partition coefficient (Wildman–Crippen LogP) is 2.19. The Morgan fingerprint density at radius 2 is 1.65 bits per heavy atom. The average Bonchev–Trinajstić information content (AvgIpc) is 2.50. The van der Waals surface area contributed by atoms with E-state index in [9.17, 15) is 22.0 Å². The Morgan fingerprint density at radius 1 is 1.04 bits per heavy atom. The number of halogens is 2. The zero-order chi connectivity index (χ0) is 17.0. The molecule has 122 valence electrons. The molecule has 0 saturated heterocycles. The van der Waals surface area contributed by atoms with Crippen LogP contribution in [0.15, 0.2) is 47.4 Å². The summed E-state index contributed by atoms with van der Waals surface area (Å²) in [5.41, 5.74) is 0.690. The second kappa shape index (κ2) is 6.84. The van der Waals surface area contributed by atoms with E-state index in [-0.39, 0.29) is 4.90 Å². The molecule has 0 heterocycles. The van der Waals surface area contributed by atoms with E-state index < -0.39 is 34.1 Å². The maximum atomic E-state index is 13.2. The lowest BCUT2D eigenvalue weighted by Crippen LogP contribution is -2.33. The second-order valence-electron chi connectivity index (χ2n) is 4.79. The Labute approximate surface area is 132 Å². The molecule has 0 spiro atoms. The number of carbonyl (C=O) groups excluding carboxylic acids is 1. The Balaban J connectivity index is 2.02. The summed E-state index contributed by atoms with van der Waals surface area (Å²) in [5.74, 6) is -1.77. The molecule has 0 atom stereocenters. The lowest BCUT2D eigenvalue weighted by Gasteiger charge is -2.10. The number of carbonyl (C=O) groups is 1. The van der Waals surface area contributed by atoms with Crippen molar-refractivity contribution in [3.05, 3.63) is 59.7 Å². The first-order valence-corrected chi connectivity index (χ1v) is 8.07. The van der Waals surface area contributed by atoms with Gasteiger partial charge in [0.05, 0.1) is 11.4 Å². The van der Waals surface area contributed by atoms with Crippen molar-refractivity contribution in [3.63, 3.8) is 0 Å². The highest BCUT2D eigenvalue weighted by molar-refractivity contribution is 7.89. The third-order valence-electron chi connectivity index (χ3n) is 2.99. The molecule has 8 heteroatoms. The fourth-order valence-corrected chi connectivity index (χ4v) is 3.08. The van der Waals surface area contributed by atoms with Gasteiger partial charge >= 0.3 is 0 Å². The summed E-state index contributed by atoms with van der Waals surface area (Å²) in [7, 11) is -4.02. The number of sulfonamides is 1. The lowest BCUT2D eigenvalue weighted by molar-refractivity contribution is -0.115. The summed E-state index contributed by atoms with van der Waals surface area (Å²) < 4.78 is 52.2. The molecule has 0 aliphatic carbocycles. The van der Waals surface area contributed by atoms with Gasteiger partial charge in [0.2, 0.25) is 15.9 Å². The van der Waals surface area contributed by atoms with Crippen molar-refractivity contribution in [3.8, 4) is 0 Å². The van der Waals surface area contributed by atoms with Gasteiger partial charge in [0.15, 0.2) is 0 Å². The van der Waals surface area contributed by atoms with Crippen molar-refractivity contribution in [2.75, 3.05) is 11.9 Å². The molecule has 1 amide bonds. The number of rotatable bonds is 5. The van der Waals surface area contributed by atoms with Crippen LogP contribution in [-0.2, 0) is 14.8 Å². The smallest absolute Gasteiger partial charge is 0.241 e. The number of hydrogen-bond acceptors (Lipinski definition) is 3. The quantitative estimate of drug-likeness (QED) is 0.876. The molecule has 23 heavy (non-hydrogen) atoms. The van der Waals surface area contributed by atoms with Crippen LogP contribution in [-0.4, -0.2) is 20.9 Å². The molecule has 2 aromatic carbocycles. The molecule has 0 radical (unpaired) electrons. The van der Waals surface area contributed by atoms with Crippen LogP contribution >= 0.6 is 0 Å². The van der Waals surface area contributed by atoms with Crippen LogP contribution in [0.5, 0.6) is 0 Å². The number of nitrogens with one attached hydrogen (secondary N) is 2. The van der Waals surface area contributed by atoms with E-state index in [1.54, 1.807) is 0 Å². The van der Waals surface area contributed by atoms with Gasteiger partial charge in [-0.3, -0.25) is 4.79 Å². The van der Waals surface area contributed by atoms with Crippen LogP contribution in [0.3, 0.4) is 0 Å². The normalized spacial score (nSPS) is 11.3. The van der Waals surface area contributed by atoms with Crippen molar-refractivity contribution >= 4 is 21.6 Å². The van der Waals surface area contributed by atoms with E-state index in [0.717, 1.165) is 24.3 Å². The van der Waals surface area contributed by atoms with Crippen LogP contribution in [0, 0.1) is 18.6 Å². The first-order valence-electron chi connectivity index (χ1n) is 6.59. The zero-order valence-corrected chi connectivity index (χ0v) is 13.0. The lowest BCUT2D eigenvalue weighted by atomic mass is 10.2. The van der Waals surface area contributed by atoms with E-state index in [4.69, 9.17) is 0 Å². The van der Waals surface area contributed by atoms with Gasteiger partial charge in [-0.2, -0.15) is 0 Å². The molecule has 5 nitrogen and oxygen atoms in total. The van der Waals surface area contributed by atoms with E-state index in [0.29, 0.717) is 11.3 Å². The van der Waals surface area contributed by atoms with E-state index in [1.807, 2.05) is 0 Å². The van der Waals surface area contributed by atoms with Crippen LogP contribution in [0.4, 0.5) is 14.5 Å². The average molecular weight is 340 g/mol. The molecule has 0 unspecified atom stereocenters. The van der Waals surface area contributed by atoms with Crippen molar-refractivity contribution in [2.45, 2.75) is 11.8 Å². The molecule has 2 rings (SSSR count). The molecular formula is C15H14F2N2O3S. The summed E-state index contributed by atoms with van der Waals surface area (Å²) >= 11 is 0. The molecule has 0 aliphatic heterocycles. The first-order chi connectivity index (χ1) is 10.8. The number of aryl methyl sites for hydroxylation is 1. The van der Waals surface area contributed by atoms with Gasteiger partial charge in [-0.05, 0) is 48.9 Å². The highest BCUT2D eigenvalue weighted by Gasteiger charge is 2.18. The number of hydrogen-bond donors (Lipinski definition) is 2. The van der Waals surface area contributed by atoms with Gasteiger partial charge in [-0.15, -0.1) is 0 Å². The predicted molar refractivity (Wildman–Crippen MR) is 81.4 cm³/mol. The zero-order valence-electron chi connectivity index (χ0n) is 12.1. The largest absolute Gasteiger partial charge is 0.325 e. The van der Waals surface area contributed by atoms with E-state index in [1.165, 1.54) is 25.1 Å². The standard InChI is InChI=1S/C15H14F2N2O3S/c1-10-2-3-12(17)8-14(10)23(21,22)18-9-15(20)19-13-6-4-11(16)5-7-13/h2-8,18H,9H2,1H3,(H,19,20). The molecule has 2 aromatic rings. The first kappa shape index (κ1) is 17.0. The van der Waals surface area contributed by atoms with Gasteiger partial charge in [0.25, 0.3) is 0 Å². The van der Waals surface area contributed by atoms with Crippen molar-refractivity contribution in [1.29, 1.82) is 0 Å². The highest BCUT2D eigenvalue weighted by atomic mass is 32.2. The summed E-state index contributed by atoms with van der Waals surface area (Å²) in [6, 6.07) is 8.39. The van der Waals surface area contributed by atoms with Crippen LogP contribution < -0.4 is 10.0 Å². The van der Waals surface area contributed by atoms with Crippen LogP contribution in [0.1, 0.15) is 5.56 Å². The van der Waals surface area contributed by atoms with Gasteiger partial charge in [-0.25, -0.2) is 21.9 Å². The monoisotopic (exact) mass is 340 g/mol. The van der Waals surface area contributed by atoms with Gasteiger partial charge in [0.1, 0.15) is 11.6 Å². The molecule has 0 aliphatic rings. The van der Waals surface area contributed by atoms with E-state index in [2.05, 4.69) is 10.0 Å². The van der Waals surface area contributed by atoms with E-state index >= 15 is 0 Å². The topological polar surface area (TPSA) is 75.3 Å². The fraction of sp³-hybridized carbons (Fsp3) is 0.133. The molecular weight excluding hydrogens is 326 g/mol. The van der Waals surface area contributed by atoms with Crippen LogP contribution in [0.25, 0.3) is 0 Å². The van der Waals surface area contributed by atoms with Crippen molar-refractivity contribution in [2.24, 2.45) is 0 Å². The SMILES string of the molecule is Cc1ccc(F)cc1S(=O)(=O)NCC(=O)Nc1ccc(F)cc1.